The Morgan fingerprint density at radius 2 is 2.15 bits per heavy atom. The first-order chi connectivity index (χ1) is 9.69. The second-order valence-corrected chi connectivity index (χ2v) is 4.67. The zero-order chi connectivity index (χ0) is 14.1. The predicted octanol–water partition coefficient (Wildman–Crippen LogP) is 2.83. The van der Waals surface area contributed by atoms with Crippen molar-refractivity contribution in [3.63, 3.8) is 0 Å². The molecule has 2 heterocycles. The molecule has 0 spiro atoms. The molecule has 0 bridgehead atoms. The molecule has 0 amide bonds. The van der Waals surface area contributed by atoms with Crippen molar-refractivity contribution in [2.24, 2.45) is 5.73 Å². The van der Waals surface area contributed by atoms with E-state index < -0.39 is 0 Å². The number of furan rings is 1. The Hall–Kier alpha value is -2.46. The van der Waals surface area contributed by atoms with E-state index in [1.807, 2.05) is 25.1 Å². The highest BCUT2D eigenvalue weighted by atomic mass is 16.3. The number of aryl methyl sites for hydroxylation is 1. The van der Waals surface area contributed by atoms with Gasteiger partial charge in [-0.15, -0.1) is 0 Å². The van der Waals surface area contributed by atoms with Crippen LogP contribution < -0.4 is 5.73 Å². The molecule has 0 aliphatic carbocycles. The molecule has 0 aliphatic rings. The zero-order valence-corrected chi connectivity index (χ0v) is 11.1. The molecule has 0 aliphatic heterocycles. The number of benzene rings is 1. The summed E-state index contributed by atoms with van der Waals surface area (Å²) in [5.41, 5.74) is 8.53. The maximum Gasteiger partial charge on any atom is 0.228 e. The molecule has 0 atom stereocenters. The fraction of sp³-hybridized carbons (Fsp3) is 0.125. The third-order valence-corrected chi connectivity index (χ3v) is 3.25. The molecule has 4 nitrogen and oxygen atoms in total. The van der Waals surface area contributed by atoms with Crippen molar-refractivity contribution < 1.29 is 9.21 Å². The third kappa shape index (κ3) is 2.10. The Balaban J connectivity index is 2.05. The van der Waals surface area contributed by atoms with Gasteiger partial charge in [-0.2, -0.15) is 0 Å². The van der Waals surface area contributed by atoms with Gasteiger partial charge < -0.3 is 10.2 Å². The summed E-state index contributed by atoms with van der Waals surface area (Å²) >= 11 is 0. The van der Waals surface area contributed by atoms with Crippen LogP contribution in [0.4, 0.5) is 0 Å². The average molecular weight is 266 g/mol. The maximum absolute atomic E-state index is 12.4. The summed E-state index contributed by atoms with van der Waals surface area (Å²) in [6.45, 7) is 2.26. The van der Waals surface area contributed by atoms with Crippen LogP contribution in [0.3, 0.4) is 0 Å². The van der Waals surface area contributed by atoms with Gasteiger partial charge in [-0.3, -0.25) is 9.78 Å². The summed E-state index contributed by atoms with van der Waals surface area (Å²) < 4.78 is 5.69. The molecule has 3 aromatic rings. The molecule has 0 radical (unpaired) electrons. The van der Waals surface area contributed by atoms with Crippen molar-refractivity contribution in [1.29, 1.82) is 0 Å². The van der Waals surface area contributed by atoms with Crippen LogP contribution in [-0.2, 0) is 6.54 Å². The van der Waals surface area contributed by atoms with Crippen LogP contribution in [0.1, 0.15) is 27.4 Å². The maximum atomic E-state index is 12.4. The standard InChI is InChI=1S/C16H14N2O2/c1-10-3-2-4-12-8-14(20-16(10)12)15(19)11-5-6-18-13(7-11)9-17/h2-8H,9,17H2,1H3. The van der Waals surface area contributed by atoms with Crippen molar-refractivity contribution in [3.05, 3.63) is 65.2 Å². The Kier molecular flexibility index (Phi) is 3.08. The number of pyridine rings is 1. The van der Waals surface area contributed by atoms with E-state index in [2.05, 4.69) is 4.98 Å². The van der Waals surface area contributed by atoms with E-state index >= 15 is 0 Å². The minimum atomic E-state index is -0.155. The van der Waals surface area contributed by atoms with Gasteiger partial charge >= 0.3 is 0 Å². The molecular weight excluding hydrogens is 252 g/mol. The summed E-state index contributed by atoms with van der Waals surface area (Å²) in [7, 11) is 0. The van der Waals surface area contributed by atoms with Gasteiger partial charge in [0.1, 0.15) is 5.58 Å². The molecule has 0 unspecified atom stereocenters. The average Bonchev–Trinajstić information content (AvgIpc) is 2.92. The highest BCUT2D eigenvalue weighted by Gasteiger charge is 2.15. The van der Waals surface area contributed by atoms with Gasteiger partial charge in [0, 0.05) is 23.7 Å². The van der Waals surface area contributed by atoms with Gasteiger partial charge in [-0.05, 0) is 30.7 Å². The lowest BCUT2D eigenvalue weighted by molar-refractivity contribution is 0.101. The van der Waals surface area contributed by atoms with E-state index in [9.17, 15) is 4.79 Å². The molecule has 0 fully saturated rings. The monoisotopic (exact) mass is 266 g/mol. The molecule has 0 saturated carbocycles. The quantitative estimate of drug-likeness (QED) is 0.740. The highest BCUT2D eigenvalue weighted by molar-refractivity contribution is 6.09. The van der Waals surface area contributed by atoms with E-state index in [1.165, 1.54) is 0 Å². The molecule has 4 heteroatoms. The lowest BCUT2D eigenvalue weighted by atomic mass is 10.1. The largest absolute Gasteiger partial charge is 0.452 e. The highest BCUT2D eigenvalue weighted by Crippen LogP contribution is 2.24. The fourth-order valence-electron chi connectivity index (χ4n) is 2.19. The summed E-state index contributed by atoms with van der Waals surface area (Å²) in [5, 5.41) is 0.932. The predicted molar refractivity (Wildman–Crippen MR) is 76.5 cm³/mol. The molecule has 2 N–H and O–H groups in total. The lowest BCUT2D eigenvalue weighted by Gasteiger charge is -2.00. The first-order valence-electron chi connectivity index (χ1n) is 6.38. The number of para-hydroxylation sites is 1. The van der Waals surface area contributed by atoms with Gasteiger partial charge in [0.25, 0.3) is 0 Å². The van der Waals surface area contributed by atoms with Crippen molar-refractivity contribution in [2.75, 3.05) is 0 Å². The number of nitrogens with zero attached hydrogens (tertiary/aromatic N) is 1. The van der Waals surface area contributed by atoms with Gasteiger partial charge in [0.2, 0.25) is 5.78 Å². The Bertz CT molecular complexity index is 790. The Labute approximate surface area is 116 Å². The van der Waals surface area contributed by atoms with Crippen LogP contribution in [0.5, 0.6) is 0 Å². The van der Waals surface area contributed by atoms with E-state index in [-0.39, 0.29) is 5.78 Å². The number of carbonyl (C=O) groups is 1. The van der Waals surface area contributed by atoms with Gasteiger partial charge in [-0.1, -0.05) is 18.2 Å². The van der Waals surface area contributed by atoms with E-state index in [1.54, 1.807) is 24.4 Å². The van der Waals surface area contributed by atoms with Crippen LogP contribution in [0.15, 0.2) is 47.0 Å². The normalized spacial score (nSPS) is 10.9. The van der Waals surface area contributed by atoms with Crippen LogP contribution in [0, 0.1) is 6.92 Å². The minimum Gasteiger partial charge on any atom is -0.452 e. The summed E-state index contributed by atoms with van der Waals surface area (Å²) in [4.78, 5) is 16.5. The van der Waals surface area contributed by atoms with Crippen molar-refractivity contribution in [2.45, 2.75) is 13.5 Å². The van der Waals surface area contributed by atoms with E-state index in [0.29, 0.717) is 23.6 Å². The zero-order valence-electron chi connectivity index (χ0n) is 11.1. The van der Waals surface area contributed by atoms with Crippen molar-refractivity contribution in [1.82, 2.24) is 4.98 Å². The first-order valence-corrected chi connectivity index (χ1v) is 6.38. The molecule has 20 heavy (non-hydrogen) atoms. The lowest BCUT2D eigenvalue weighted by Crippen LogP contribution is -2.04. The second kappa shape index (κ2) is 4.90. The molecule has 1 aromatic carbocycles. The Morgan fingerprint density at radius 1 is 1.30 bits per heavy atom. The smallest absolute Gasteiger partial charge is 0.228 e. The summed E-state index contributed by atoms with van der Waals surface area (Å²) in [5.74, 6) is 0.182. The summed E-state index contributed by atoms with van der Waals surface area (Å²) in [6.07, 6.45) is 1.59. The molecule has 2 aromatic heterocycles. The number of rotatable bonds is 3. The van der Waals surface area contributed by atoms with Crippen molar-refractivity contribution in [3.8, 4) is 0 Å². The van der Waals surface area contributed by atoms with E-state index in [0.717, 1.165) is 16.5 Å². The topological polar surface area (TPSA) is 69.1 Å². The minimum absolute atomic E-state index is 0.155. The number of fused-ring (bicyclic) bond motifs is 1. The van der Waals surface area contributed by atoms with Gasteiger partial charge in [0.15, 0.2) is 5.76 Å². The SMILES string of the molecule is Cc1cccc2cc(C(=O)c3ccnc(CN)c3)oc12. The molecule has 0 saturated heterocycles. The number of aromatic nitrogens is 1. The third-order valence-electron chi connectivity index (χ3n) is 3.25. The number of nitrogens with two attached hydrogens (primary N) is 1. The second-order valence-electron chi connectivity index (χ2n) is 4.67. The van der Waals surface area contributed by atoms with E-state index in [4.69, 9.17) is 10.2 Å². The number of hydrogen-bond donors (Lipinski definition) is 1. The first kappa shape index (κ1) is 12.6. The van der Waals surface area contributed by atoms with Crippen LogP contribution >= 0.6 is 0 Å². The van der Waals surface area contributed by atoms with Crippen LogP contribution in [0.25, 0.3) is 11.0 Å². The van der Waals surface area contributed by atoms with Crippen LogP contribution in [0.2, 0.25) is 0 Å². The van der Waals surface area contributed by atoms with Gasteiger partial charge in [-0.25, -0.2) is 0 Å². The fourth-order valence-corrected chi connectivity index (χ4v) is 2.19. The van der Waals surface area contributed by atoms with Crippen molar-refractivity contribution >= 4 is 16.8 Å². The van der Waals surface area contributed by atoms with Crippen LogP contribution in [-0.4, -0.2) is 10.8 Å². The summed E-state index contributed by atoms with van der Waals surface area (Å²) in [6, 6.07) is 11.0. The number of hydrogen-bond acceptors (Lipinski definition) is 4. The molecular formula is C16H14N2O2. The van der Waals surface area contributed by atoms with Gasteiger partial charge in [0.05, 0.1) is 5.69 Å². The molecule has 100 valence electrons. The number of carbonyl (C=O) groups excluding carboxylic acids is 1. The Morgan fingerprint density at radius 3 is 2.90 bits per heavy atom. The number of ketones is 1. The molecule has 3 rings (SSSR count).